The van der Waals surface area contributed by atoms with E-state index in [1.807, 2.05) is 0 Å². The van der Waals surface area contributed by atoms with Crippen LogP contribution in [0.4, 0.5) is 26.3 Å². The first-order valence-corrected chi connectivity index (χ1v) is 11.7. The Kier molecular flexibility index (Phi) is 5.89. The number of hydrogen-bond donors (Lipinski definition) is 1. The second-order valence-corrected chi connectivity index (χ2v) is 9.83. The maximum Gasteiger partial charge on any atom is 0.417 e. The zero-order chi connectivity index (χ0) is 26.0. The van der Waals surface area contributed by atoms with Crippen LogP contribution in [0, 0.1) is 11.8 Å². The van der Waals surface area contributed by atoms with Gasteiger partial charge in [-0.05, 0) is 72.3 Å². The number of aliphatic hydroxyl groups is 1. The fraction of sp³-hybridized carbons (Fsp3) is 0.407. The third kappa shape index (κ3) is 4.17. The molecule has 2 aromatic carbocycles. The third-order valence-electron chi connectivity index (χ3n) is 7.81. The lowest BCUT2D eigenvalue weighted by Gasteiger charge is -2.22. The number of hydrogen-bond acceptors (Lipinski definition) is 3. The smallest absolute Gasteiger partial charge is 0.393 e. The molecule has 2 saturated carbocycles. The Morgan fingerprint density at radius 1 is 0.972 bits per heavy atom. The van der Waals surface area contributed by atoms with Crippen molar-refractivity contribution in [3.63, 3.8) is 0 Å². The average molecular weight is 508 g/mol. The monoisotopic (exact) mass is 508 g/mol. The molecule has 2 bridgehead atoms. The highest BCUT2D eigenvalue weighted by Crippen LogP contribution is 2.55. The van der Waals surface area contributed by atoms with E-state index in [1.54, 1.807) is 0 Å². The molecule has 3 aliphatic rings. The molecule has 4 atom stereocenters. The van der Waals surface area contributed by atoms with Gasteiger partial charge in [-0.15, -0.1) is 0 Å². The maximum atomic E-state index is 14.0. The summed E-state index contributed by atoms with van der Waals surface area (Å²) in [7, 11) is 0. The summed E-state index contributed by atoms with van der Waals surface area (Å²) < 4.78 is 82.3. The number of halogens is 6. The number of ketones is 2. The summed E-state index contributed by atoms with van der Waals surface area (Å²) in [6, 6.07) is 7.03. The van der Waals surface area contributed by atoms with Crippen molar-refractivity contribution in [1.82, 2.24) is 0 Å². The Morgan fingerprint density at radius 3 is 2.31 bits per heavy atom. The molecule has 3 aliphatic carbocycles. The van der Waals surface area contributed by atoms with Crippen molar-refractivity contribution >= 4 is 11.6 Å². The van der Waals surface area contributed by atoms with Crippen LogP contribution in [0.15, 0.2) is 48.0 Å². The zero-order valence-corrected chi connectivity index (χ0v) is 18.9. The predicted molar refractivity (Wildman–Crippen MR) is 117 cm³/mol. The zero-order valence-electron chi connectivity index (χ0n) is 18.9. The molecule has 3 nitrogen and oxygen atoms in total. The topological polar surface area (TPSA) is 54.4 Å². The Hall–Kier alpha value is -2.94. The molecule has 36 heavy (non-hydrogen) atoms. The highest BCUT2D eigenvalue weighted by molar-refractivity contribution is 6.28. The van der Waals surface area contributed by atoms with E-state index in [0.29, 0.717) is 12.0 Å². The molecule has 3 unspecified atom stereocenters. The lowest BCUT2D eigenvalue weighted by atomic mass is 9.83. The van der Waals surface area contributed by atoms with E-state index in [0.717, 1.165) is 25.0 Å². The normalized spacial score (nSPS) is 25.6. The van der Waals surface area contributed by atoms with Gasteiger partial charge in [0.05, 0.1) is 22.8 Å². The van der Waals surface area contributed by atoms with E-state index in [9.17, 15) is 41.0 Å². The van der Waals surface area contributed by atoms with Crippen LogP contribution in [-0.4, -0.2) is 22.8 Å². The molecule has 0 spiro atoms. The maximum absolute atomic E-state index is 14.0. The van der Waals surface area contributed by atoms with Crippen LogP contribution < -0.4 is 0 Å². The van der Waals surface area contributed by atoms with Gasteiger partial charge in [0.15, 0.2) is 11.6 Å². The second-order valence-electron chi connectivity index (χ2n) is 9.83. The summed E-state index contributed by atoms with van der Waals surface area (Å²) in [5, 5.41) is 10.2. The molecule has 190 valence electrons. The first kappa shape index (κ1) is 24.7. The fourth-order valence-electron chi connectivity index (χ4n) is 6.26. The van der Waals surface area contributed by atoms with E-state index >= 15 is 0 Å². The summed E-state index contributed by atoms with van der Waals surface area (Å²) in [6.07, 6.45) is -7.69. The minimum atomic E-state index is -4.82. The van der Waals surface area contributed by atoms with Crippen LogP contribution in [0.25, 0.3) is 0 Å². The molecule has 2 fully saturated rings. The molecule has 9 heteroatoms. The fourth-order valence-corrected chi connectivity index (χ4v) is 6.26. The molecule has 0 saturated heterocycles. The van der Waals surface area contributed by atoms with E-state index in [1.165, 1.54) is 30.3 Å². The summed E-state index contributed by atoms with van der Waals surface area (Å²) in [6.45, 7) is 0. The van der Waals surface area contributed by atoms with Gasteiger partial charge in [0.2, 0.25) is 0 Å². The van der Waals surface area contributed by atoms with E-state index in [2.05, 4.69) is 0 Å². The first-order chi connectivity index (χ1) is 16.9. The number of Topliss-reactive ketones (excluding diaryl/α,β-unsaturated/α-hetero) is 2. The Bertz CT molecular complexity index is 1270. The van der Waals surface area contributed by atoms with Crippen molar-refractivity contribution in [3.05, 3.63) is 81.4 Å². The second kappa shape index (κ2) is 8.57. The number of carbonyl (C=O) groups excluding carboxylic acids is 2. The number of carbonyl (C=O) groups is 2. The summed E-state index contributed by atoms with van der Waals surface area (Å²) >= 11 is 0. The minimum absolute atomic E-state index is 0.100. The quantitative estimate of drug-likeness (QED) is 0.403. The molecule has 2 aromatic rings. The van der Waals surface area contributed by atoms with E-state index < -0.39 is 58.7 Å². The average Bonchev–Trinajstić information content (AvgIpc) is 3.34. The Balaban J connectivity index is 1.45. The van der Waals surface area contributed by atoms with Crippen LogP contribution in [0.2, 0.25) is 0 Å². The number of rotatable bonds is 4. The van der Waals surface area contributed by atoms with Crippen molar-refractivity contribution in [2.75, 3.05) is 0 Å². The highest BCUT2D eigenvalue weighted by atomic mass is 19.4. The molecule has 0 aromatic heterocycles. The standard InChI is InChI=1S/C27H22F6O3/c28-26(29,30)19-3-1-2-13-6-9-18(25(36)24(13)19)22(35)11-14-4-5-15(10-20(14)27(31,32)33)23-16-7-8-17(23)21(34)12-16/h1-5,9-10,16-17,21,23,34H,6-8,11-12H2/t16?,17?,21-,23?/m0/s1. The van der Waals surface area contributed by atoms with Crippen LogP contribution >= 0.6 is 0 Å². The van der Waals surface area contributed by atoms with Crippen molar-refractivity contribution < 1.29 is 41.0 Å². The van der Waals surface area contributed by atoms with Crippen molar-refractivity contribution in [3.8, 4) is 0 Å². The number of benzene rings is 2. The van der Waals surface area contributed by atoms with Gasteiger partial charge in [0.25, 0.3) is 0 Å². The molecule has 1 N–H and O–H groups in total. The van der Waals surface area contributed by atoms with Gasteiger partial charge < -0.3 is 5.11 Å². The Morgan fingerprint density at radius 2 is 1.69 bits per heavy atom. The van der Waals surface area contributed by atoms with Gasteiger partial charge in [-0.2, -0.15) is 26.3 Å². The van der Waals surface area contributed by atoms with E-state index in [-0.39, 0.29) is 35.3 Å². The largest absolute Gasteiger partial charge is 0.417 e. The lowest BCUT2D eigenvalue weighted by Crippen LogP contribution is -2.25. The van der Waals surface area contributed by atoms with E-state index in [4.69, 9.17) is 0 Å². The number of allylic oxidation sites excluding steroid dienone is 2. The molecule has 0 radical (unpaired) electrons. The van der Waals surface area contributed by atoms with Gasteiger partial charge in [0.1, 0.15) is 0 Å². The molecule has 0 heterocycles. The van der Waals surface area contributed by atoms with Gasteiger partial charge in [-0.1, -0.05) is 30.3 Å². The van der Waals surface area contributed by atoms with Crippen LogP contribution in [0.3, 0.4) is 0 Å². The van der Waals surface area contributed by atoms with Crippen LogP contribution in [0.1, 0.15) is 63.4 Å². The molecular weight excluding hydrogens is 486 g/mol. The summed E-state index contributed by atoms with van der Waals surface area (Å²) in [5.41, 5.74) is -3.11. The predicted octanol–water partition coefficient (Wildman–Crippen LogP) is 6.08. The number of aliphatic hydroxyl groups excluding tert-OH is 1. The third-order valence-corrected chi connectivity index (χ3v) is 7.81. The molecule has 5 rings (SSSR count). The highest BCUT2D eigenvalue weighted by Gasteiger charge is 2.48. The summed E-state index contributed by atoms with van der Waals surface area (Å²) in [5.74, 6) is -2.28. The van der Waals surface area contributed by atoms with Crippen molar-refractivity contribution in [2.45, 2.75) is 56.5 Å². The lowest BCUT2D eigenvalue weighted by molar-refractivity contribution is -0.139. The van der Waals surface area contributed by atoms with Gasteiger partial charge >= 0.3 is 12.4 Å². The Labute approximate surface area is 202 Å². The van der Waals surface area contributed by atoms with Gasteiger partial charge in [0, 0.05) is 12.0 Å². The van der Waals surface area contributed by atoms with Gasteiger partial charge in [-0.25, -0.2) is 0 Å². The number of fused-ring (bicyclic) bond motifs is 3. The van der Waals surface area contributed by atoms with Crippen molar-refractivity contribution in [1.29, 1.82) is 0 Å². The van der Waals surface area contributed by atoms with Gasteiger partial charge in [-0.3, -0.25) is 9.59 Å². The SMILES string of the molecule is O=C(Cc1ccc(C2C3CCC2[C@@H](O)C3)cc1C(F)(F)F)C1=CCc2cccc(C(F)(F)F)c2C1=O. The molecule has 0 aliphatic heterocycles. The van der Waals surface area contributed by atoms with Crippen LogP contribution in [0.5, 0.6) is 0 Å². The number of alkyl halides is 6. The molecule has 0 amide bonds. The minimum Gasteiger partial charge on any atom is -0.393 e. The molecular formula is C27H22F6O3. The first-order valence-electron chi connectivity index (χ1n) is 11.7. The van der Waals surface area contributed by atoms with Crippen LogP contribution in [-0.2, 0) is 30.0 Å². The summed E-state index contributed by atoms with van der Waals surface area (Å²) in [4.78, 5) is 25.9. The van der Waals surface area contributed by atoms with Crippen molar-refractivity contribution in [2.24, 2.45) is 11.8 Å².